The van der Waals surface area contributed by atoms with Crippen LogP contribution in [0.2, 0.25) is 0 Å². The maximum atomic E-state index is 11.6. The highest BCUT2D eigenvalue weighted by molar-refractivity contribution is 5.32. The first-order valence-electron chi connectivity index (χ1n) is 8.59. The second kappa shape index (κ2) is 9.82. The van der Waals surface area contributed by atoms with E-state index < -0.39 is 0 Å². The molecular weight excluding hydrogens is 288 g/mol. The summed E-state index contributed by atoms with van der Waals surface area (Å²) in [5.41, 5.74) is 0.917. The van der Waals surface area contributed by atoms with Gasteiger partial charge in [-0.2, -0.15) is 0 Å². The van der Waals surface area contributed by atoms with Gasteiger partial charge in [0, 0.05) is 19.2 Å². The van der Waals surface area contributed by atoms with Crippen molar-refractivity contribution in [3.05, 3.63) is 70.1 Å². The van der Waals surface area contributed by atoms with Crippen LogP contribution in [0.25, 0.3) is 0 Å². The Kier molecular flexibility index (Phi) is 7.37. The molecule has 124 valence electrons. The molecular formula is C19H26N2O2. The molecule has 0 N–H and O–H groups in total. The van der Waals surface area contributed by atoms with Gasteiger partial charge >= 0.3 is 0 Å². The molecule has 0 unspecified atom stereocenters. The molecule has 0 aromatic heterocycles. The fraction of sp³-hybridized carbons (Fsp3) is 0.474. The van der Waals surface area contributed by atoms with Crippen molar-refractivity contribution in [1.29, 1.82) is 0 Å². The summed E-state index contributed by atoms with van der Waals surface area (Å²) >= 11 is 0. The Bertz CT molecular complexity index is 532. The summed E-state index contributed by atoms with van der Waals surface area (Å²) in [6.07, 6.45) is 23.0. The van der Waals surface area contributed by atoms with Gasteiger partial charge in [0.25, 0.3) is 5.70 Å². The van der Waals surface area contributed by atoms with Crippen molar-refractivity contribution >= 4 is 0 Å². The van der Waals surface area contributed by atoms with Gasteiger partial charge in [-0.15, -0.1) is 0 Å². The Morgan fingerprint density at radius 1 is 0.826 bits per heavy atom. The monoisotopic (exact) mass is 314 g/mol. The molecule has 0 aromatic carbocycles. The summed E-state index contributed by atoms with van der Waals surface area (Å²) in [7, 11) is 0. The van der Waals surface area contributed by atoms with E-state index in [-0.39, 0.29) is 10.6 Å². The number of hydrogen-bond donors (Lipinski definition) is 0. The molecule has 1 aliphatic heterocycles. The predicted octanol–water partition coefficient (Wildman–Crippen LogP) is 4.76. The molecule has 0 amide bonds. The van der Waals surface area contributed by atoms with E-state index >= 15 is 0 Å². The third-order valence-corrected chi connectivity index (χ3v) is 4.18. The zero-order valence-corrected chi connectivity index (χ0v) is 13.7. The van der Waals surface area contributed by atoms with E-state index in [2.05, 4.69) is 4.90 Å². The fourth-order valence-corrected chi connectivity index (χ4v) is 2.94. The first-order valence-corrected chi connectivity index (χ1v) is 8.59. The molecule has 2 aliphatic rings. The van der Waals surface area contributed by atoms with Gasteiger partial charge in [-0.1, -0.05) is 62.1 Å². The lowest BCUT2D eigenvalue weighted by Gasteiger charge is -2.25. The summed E-state index contributed by atoms with van der Waals surface area (Å²) in [5, 5.41) is 11.6. The molecule has 1 aliphatic carbocycles. The number of hydrogen-bond acceptors (Lipinski definition) is 3. The molecule has 4 heteroatoms. The predicted molar refractivity (Wildman–Crippen MR) is 94.5 cm³/mol. The maximum absolute atomic E-state index is 11.6. The zero-order chi connectivity index (χ0) is 16.3. The van der Waals surface area contributed by atoms with Crippen LogP contribution < -0.4 is 0 Å². The number of rotatable bonds is 2. The molecule has 0 saturated carbocycles. The van der Waals surface area contributed by atoms with Crippen LogP contribution in [0.4, 0.5) is 0 Å². The summed E-state index contributed by atoms with van der Waals surface area (Å²) < 4.78 is 0. The SMILES string of the molecule is O=[N+]([O-])C1=C\C=C/C/C=C\C=C/C=C\1N1CCCCCCCC1. The largest absolute Gasteiger partial charge is 0.366 e. The molecule has 0 spiro atoms. The van der Waals surface area contributed by atoms with Crippen molar-refractivity contribution in [3.63, 3.8) is 0 Å². The van der Waals surface area contributed by atoms with E-state index in [0.717, 1.165) is 38.0 Å². The lowest BCUT2D eigenvalue weighted by Crippen LogP contribution is -2.28. The minimum atomic E-state index is -0.262. The highest BCUT2D eigenvalue weighted by Gasteiger charge is 2.22. The summed E-state index contributed by atoms with van der Waals surface area (Å²) in [4.78, 5) is 13.5. The van der Waals surface area contributed by atoms with Crippen LogP contribution >= 0.6 is 0 Å². The third kappa shape index (κ3) is 5.89. The van der Waals surface area contributed by atoms with Gasteiger partial charge in [-0.25, -0.2) is 0 Å². The topological polar surface area (TPSA) is 46.4 Å². The van der Waals surface area contributed by atoms with Crippen LogP contribution in [-0.4, -0.2) is 22.9 Å². The van der Waals surface area contributed by atoms with Crippen molar-refractivity contribution in [2.75, 3.05) is 13.1 Å². The smallest absolute Gasteiger partial charge is 0.292 e. The first kappa shape index (κ1) is 17.3. The Morgan fingerprint density at radius 3 is 2.17 bits per heavy atom. The van der Waals surface area contributed by atoms with Gasteiger partial charge in [0.05, 0.1) is 4.92 Å². The number of nitro groups is 1. The molecule has 0 aromatic rings. The first-order chi connectivity index (χ1) is 11.3. The normalized spacial score (nSPS) is 29.3. The van der Waals surface area contributed by atoms with Crippen LogP contribution in [-0.2, 0) is 0 Å². The van der Waals surface area contributed by atoms with Crippen LogP contribution in [0.3, 0.4) is 0 Å². The van der Waals surface area contributed by atoms with E-state index in [1.54, 1.807) is 12.2 Å². The van der Waals surface area contributed by atoms with Gasteiger partial charge in [0.15, 0.2) is 0 Å². The van der Waals surface area contributed by atoms with Crippen molar-refractivity contribution in [3.8, 4) is 0 Å². The van der Waals surface area contributed by atoms with Crippen molar-refractivity contribution in [2.24, 2.45) is 0 Å². The molecule has 23 heavy (non-hydrogen) atoms. The third-order valence-electron chi connectivity index (χ3n) is 4.18. The minimum absolute atomic E-state index is 0.187. The zero-order valence-electron chi connectivity index (χ0n) is 13.7. The van der Waals surface area contributed by atoms with Gasteiger partial charge in [0.2, 0.25) is 0 Å². The van der Waals surface area contributed by atoms with E-state index in [4.69, 9.17) is 0 Å². The van der Waals surface area contributed by atoms with Gasteiger partial charge < -0.3 is 4.90 Å². The average Bonchev–Trinajstić information content (AvgIpc) is 2.63. The molecule has 4 nitrogen and oxygen atoms in total. The molecule has 0 atom stereocenters. The van der Waals surface area contributed by atoms with Crippen molar-refractivity contribution in [2.45, 2.75) is 44.9 Å². The second-order valence-corrected chi connectivity index (χ2v) is 5.95. The van der Waals surface area contributed by atoms with Crippen LogP contribution in [0.1, 0.15) is 44.9 Å². The van der Waals surface area contributed by atoms with Gasteiger partial charge in [-0.3, -0.25) is 10.1 Å². The van der Waals surface area contributed by atoms with Crippen LogP contribution in [0.5, 0.6) is 0 Å². The Labute approximate surface area is 138 Å². The highest BCUT2D eigenvalue weighted by atomic mass is 16.6. The Balaban J connectivity index is 2.32. The van der Waals surface area contributed by atoms with E-state index in [1.165, 1.54) is 25.7 Å². The molecule has 1 heterocycles. The average molecular weight is 314 g/mol. The van der Waals surface area contributed by atoms with Crippen LogP contribution in [0.15, 0.2) is 60.0 Å². The van der Waals surface area contributed by atoms with Crippen LogP contribution in [0, 0.1) is 10.1 Å². The van der Waals surface area contributed by atoms with E-state index in [9.17, 15) is 10.1 Å². The Morgan fingerprint density at radius 2 is 1.48 bits per heavy atom. The summed E-state index contributed by atoms with van der Waals surface area (Å²) in [5.74, 6) is 0. The Hall–Kier alpha value is -2.10. The molecule has 0 bridgehead atoms. The van der Waals surface area contributed by atoms with Gasteiger partial charge in [0.1, 0.15) is 5.70 Å². The van der Waals surface area contributed by atoms with E-state index in [1.807, 2.05) is 36.5 Å². The lowest BCUT2D eigenvalue weighted by molar-refractivity contribution is -0.422. The molecule has 2 rings (SSSR count). The summed E-state index contributed by atoms with van der Waals surface area (Å²) in [6, 6.07) is 0. The van der Waals surface area contributed by atoms with Gasteiger partial charge in [-0.05, 0) is 25.3 Å². The fourth-order valence-electron chi connectivity index (χ4n) is 2.94. The lowest BCUT2D eigenvalue weighted by atomic mass is 10.1. The number of allylic oxidation sites excluding steroid dienone is 8. The molecule has 1 fully saturated rings. The second-order valence-electron chi connectivity index (χ2n) is 5.95. The molecule has 1 saturated heterocycles. The van der Waals surface area contributed by atoms with Crippen molar-refractivity contribution in [1.82, 2.24) is 4.90 Å². The van der Waals surface area contributed by atoms with E-state index in [0.29, 0.717) is 0 Å². The maximum Gasteiger partial charge on any atom is 0.292 e. The highest BCUT2D eigenvalue weighted by Crippen LogP contribution is 2.21. The van der Waals surface area contributed by atoms with Crippen molar-refractivity contribution < 1.29 is 4.92 Å². The standard InChI is InChI=1S/C19H26N2O2/c22-21(23)19-15-11-7-3-1-2-6-10-14-18(19)20-16-12-8-4-5-9-13-17-20/h1-2,6-7,10-11,14-15H,3-5,8-9,12-13,16-17H2/b2-1-,10-6-,11-7-,18-14+,19-15-. The molecule has 0 radical (unpaired) electrons. The number of nitrogens with zero attached hydrogens (tertiary/aromatic N) is 2. The quantitative estimate of drug-likeness (QED) is 0.545. The summed E-state index contributed by atoms with van der Waals surface area (Å²) in [6.45, 7) is 1.79. The minimum Gasteiger partial charge on any atom is -0.366 e.